The lowest BCUT2D eigenvalue weighted by Crippen LogP contribution is -2.56. The first-order valence-electron chi connectivity index (χ1n) is 12.2. The maximum absolute atomic E-state index is 13.9. The van der Waals surface area contributed by atoms with Gasteiger partial charge in [-0.2, -0.15) is 0 Å². The number of benzene rings is 1. The Balaban J connectivity index is 3.51. The van der Waals surface area contributed by atoms with Crippen molar-refractivity contribution in [1.82, 2.24) is 15.5 Å². The Kier molecular flexibility index (Phi) is 10.2. The molecule has 0 aliphatic heterocycles. The van der Waals surface area contributed by atoms with Crippen molar-refractivity contribution in [3.8, 4) is 0 Å². The van der Waals surface area contributed by atoms with Crippen LogP contribution in [0.1, 0.15) is 91.5 Å². The van der Waals surface area contributed by atoms with Gasteiger partial charge in [0.25, 0.3) is 0 Å². The number of hydrogen-bond acceptors (Lipinski definition) is 4. The van der Waals surface area contributed by atoms with Crippen molar-refractivity contribution in [2.24, 2.45) is 5.92 Å². The van der Waals surface area contributed by atoms with Crippen molar-refractivity contribution in [3.05, 3.63) is 34.9 Å². The quantitative estimate of drug-likeness (QED) is 0.551. The minimum absolute atomic E-state index is 0.154. The van der Waals surface area contributed by atoms with Crippen LogP contribution in [0.2, 0.25) is 0 Å². The van der Waals surface area contributed by atoms with Crippen molar-refractivity contribution in [3.63, 3.8) is 0 Å². The number of alkyl carbamates (subject to hydrolysis) is 1. The molecule has 0 heterocycles. The number of likely N-dealkylation sites (N-methyl/N-ethyl adjacent to an activating group) is 1. The molecular formula is C27H45N3O4. The van der Waals surface area contributed by atoms with Gasteiger partial charge in [-0.1, -0.05) is 38.5 Å². The van der Waals surface area contributed by atoms with E-state index in [4.69, 9.17) is 4.74 Å². The summed E-state index contributed by atoms with van der Waals surface area (Å²) in [6.45, 7) is 21.0. The Morgan fingerprint density at radius 3 is 2.09 bits per heavy atom. The van der Waals surface area contributed by atoms with Crippen LogP contribution in [-0.2, 0) is 14.3 Å². The maximum Gasteiger partial charge on any atom is 0.408 e. The van der Waals surface area contributed by atoms with Crippen LogP contribution in [0.15, 0.2) is 18.2 Å². The molecule has 0 saturated carbocycles. The van der Waals surface area contributed by atoms with E-state index in [1.54, 1.807) is 25.7 Å². The second-order valence-electron chi connectivity index (χ2n) is 11.1. The molecule has 3 atom stereocenters. The van der Waals surface area contributed by atoms with Gasteiger partial charge in [-0.3, -0.25) is 9.59 Å². The third-order valence-corrected chi connectivity index (χ3v) is 5.77. The van der Waals surface area contributed by atoms with E-state index in [1.165, 1.54) is 0 Å². The molecule has 2 N–H and O–H groups in total. The fourth-order valence-electron chi connectivity index (χ4n) is 3.72. The van der Waals surface area contributed by atoms with Crippen LogP contribution in [0, 0.1) is 19.8 Å². The van der Waals surface area contributed by atoms with Gasteiger partial charge >= 0.3 is 6.09 Å². The summed E-state index contributed by atoms with van der Waals surface area (Å²) in [6.07, 6.45) is 0.0242. The van der Waals surface area contributed by atoms with E-state index in [0.29, 0.717) is 13.0 Å². The van der Waals surface area contributed by atoms with Gasteiger partial charge < -0.3 is 20.3 Å². The normalized spacial score (nSPS) is 14.6. The second-order valence-corrected chi connectivity index (χ2v) is 11.1. The number of nitrogens with one attached hydrogen (secondary N) is 2. The number of nitrogens with zero attached hydrogens (tertiary/aromatic N) is 1. The molecule has 7 nitrogen and oxygen atoms in total. The lowest BCUT2D eigenvalue weighted by atomic mass is 9.92. The molecule has 0 aliphatic carbocycles. The molecule has 0 spiro atoms. The summed E-state index contributed by atoms with van der Waals surface area (Å²) < 4.78 is 5.42. The summed E-state index contributed by atoms with van der Waals surface area (Å²) in [5, 5.41) is 5.82. The largest absolute Gasteiger partial charge is 0.444 e. The molecular weight excluding hydrogens is 430 g/mol. The van der Waals surface area contributed by atoms with Crippen LogP contribution in [0.5, 0.6) is 0 Å². The van der Waals surface area contributed by atoms with Crippen molar-refractivity contribution >= 4 is 17.9 Å². The molecule has 0 saturated heterocycles. The minimum Gasteiger partial charge on any atom is -0.444 e. The minimum atomic E-state index is -0.830. The number of carbonyl (C=O) groups is 3. The van der Waals surface area contributed by atoms with Crippen LogP contribution >= 0.6 is 0 Å². The smallest absolute Gasteiger partial charge is 0.408 e. The number of amides is 3. The van der Waals surface area contributed by atoms with E-state index in [2.05, 4.69) is 10.6 Å². The average molecular weight is 476 g/mol. The van der Waals surface area contributed by atoms with Crippen LogP contribution < -0.4 is 10.6 Å². The molecule has 3 unspecified atom stereocenters. The predicted octanol–water partition coefficient (Wildman–Crippen LogP) is 5.05. The SMILES string of the molecule is CCC(C)C(NC(=O)OC(C)(C)C)C(=O)N(CC)C(C(=O)NC(C)(C)C)c1cccc(C)c1C. The zero-order chi connectivity index (χ0) is 26.4. The van der Waals surface area contributed by atoms with Crippen LogP contribution in [-0.4, -0.2) is 46.5 Å². The molecule has 1 aromatic rings. The van der Waals surface area contributed by atoms with Crippen LogP contribution in [0.4, 0.5) is 4.79 Å². The van der Waals surface area contributed by atoms with E-state index in [1.807, 2.05) is 73.6 Å². The van der Waals surface area contributed by atoms with Gasteiger partial charge in [-0.15, -0.1) is 0 Å². The molecule has 0 aromatic heterocycles. The third kappa shape index (κ3) is 8.33. The second kappa shape index (κ2) is 11.7. The highest BCUT2D eigenvalue weighted by atomic mass is 16.6. The lowest BCUT2D eigenvalue weighted by molar-refractivity contribution is -0.143. The van der Waals surface area contributed by atoms with E-state index >= 15 is 0 Å². The Morgan fingerprint density at radius 2 is 1.62 bits per heavy atom. The van der Waals surface area contributed by atoms with Gasteiger partial charge in [0.1, 0.15) is 17.7 Å². The summed E-state index contributed by atoms with van der Waals surface area (Å²) in [7, 11) is 0. The van der Waals surface area contributed by atoms with Crippen molar-refractivity contribution in [2.75, 3.05) is 6.54 Å². The molecule has 3 amide bonds. The molecule has 34 heavy (non-hydrogen) atoms. The van der Waals surface area contributed by atoms with Crippen LogP contribution in [0.25, 0.3) is 0 Å². The molecule has 0 aliphatic rings. The number of rotatable bonds is 8. The summed E-state index contributed by atoms with van der Waals surface area (Å²) >= 11 is 0. The number of carbonyl (C=O) groups excluding carboxylic acids is 3. The van der Waals surface area contributed by atoms with E-state index < -0.39 is 29.3 Å². The summed E-state index contributed by atoms with van der Waals surface area (Å²) in [4.78, 5) is 41.7. The van der Waals surface area contributed by atoms with E-state index in [-0.39, 0.29) is 17.7 Å². The lowest BCUT2D eigenvalue weighted by Gasteiger charge is -2.37. The standard InChI is InChI=1S/C27H45N3O4/c1-12-17(3)21(28-25(33)34-27(9,10)11)24(32)30(13-2)22(23(31)29-26(6,7)8)20-16-14-15-18(4)19(20)5/h14-17,21-22H,12-13H2,1-11H3,(H,28,33)(H,29,31). The van der Waals surface area contributed by atoms with Gasteiger partial charge in [0.15, 0.2) is 0 Å². The number of ether oxygens (including phenoxy) is 1. The average Bonchev–Trinajstić information content (AvgIpc) is 2.69. The molecule has 1 rings (SSSR count). The summed E-state index contributed by atoms with van der Waals surface area (Å²) in [5.41, 5.74) is 1.62. The first-order chi connectivity index (χ1) is 15.5. The highest BCUT2D eigenvalue weighted by molar-refractivity contribution is 5.92. The zero-order valence-electron chi connectivity index (χ0n) is 23.0. The van der Waals surface area contributed by atoms with Gasteiger partial charge in [0, 0.05) is 12.1 Å². The Hall–Kier alpha value is -2.57. The van der Waals surface area contributed by atoms with Crippen molar-refractivity contribution in [2.45, 2.75) is 106 Å². The summed E-state index contributed by atoms with van der Waals surface area (Å²) in [5.74, 6) is -0.715. The Bertz CT molecular complexity index is 868. The van der Waals surface area contributed by atoms with Gasteiger partial charge in [0.05, 0.1) is 0 Å². The van der Waals surface area contributed by atoms with Crippen LogP contribution in [0.3, 0.4) is 0 Å². The predicted molar refractivity (Wildman–Crippen MR) is 137 cm³/mol. The van der Waals surface area contributed by atoms with Crippen molar-refractivity contribution < 1.29 is 19.1 Å². The third-order valence-electron chi connectivity index (χ3n) is 5.77. The van der Waals surface area contributed by atoms with Gasteiger partial charge in [-0.25, -0.2) is 4.79 Å². The number of hydrogen-bond donors (Lipinski definition) is 2. The zero-order valence-corrected chi connectivity index (χ0v) is 23.0. The summed E-state index contributed by atoms with van der Waals surface area (Å²) in [6, 6.07) is 4.13. The fraction of sp³-hybridized carbons (Fsp3) is 0.667. The molecule has 7 heteroatoms. The van der Waals surface area contributed by atoms with Gasteiger partial charge in [-0.05, 0) is 84.9 Å². The fourth-order valence-corrected chi connectivity index (χ4v) is 3.72. The van der Waals surface area contributed by atoms with Crippen molar-refractivity contribution in [1.29, 1.82) is 0 Å². The highest BCUT2D eigenvalue weighted by Gasteiger charge is 2.38. The molecule has 1 aromatic carbocycles. The highest BCUT2D eigenvalue weighted by Crippen LogP contribution is 2.28. The molecule has 0 bridgehead atoms. The first kappa shape index (κ1) is 29.5. The maximum atomic E-state index is 13.9. The monoisotopic (exact) mass is 475 g/mol. The topological polar surface area (TPSA) is 87.7 Å². The van der Waals surface area contributed by atoms with E-state index in [0.717, 1.165) is 16.7 Å². The Labute approximate surface area is 206 Å². The Morgan fingerprint density at radius 1 is 1.03 bits per heavy atom. The molecule has 0 radical (unpaired) electrons. The molecule has 0 fully saturated rings. The van der Waals surface area contributed by atoms with Gasteiger partial charge in [0.2, 0.25) is 11.8 Å². The molecule has 192 valence electrons. The number of aryl methyl sites for hydroxylation is 1. The first-order valence-corrected chi connectivity index (χ1v) is 12.2. The van der Waals surface area contributed by atoms with E-state index in [9.17, 15) is 14.4 Å².